The predicted molar refractivity (Wildman–Crippen MR) is 98.4 cm³/mol. The Morgan fingerprint density at radius 3 is 2.68 bits per heavy atom. The molecule has 1 amide bonds. The molecule has 8 nitrogen and oxygen atoms in total. The fourth-order valence-electron chi connectivity index (χ4n) is 2.83. The lowest BCUT2D eigenvalue weighted by Crippen LogP contribution is -2.48. The third kappa shape index (κ3) is 3.75. The Hall–Kier alpha value is -3.55. The van der Waals surface area contributed by atoms with E-state index in [1.54, 1.807) is 43.3 Å². The lowest BCUT2D eigenvalue weighted by molar-refractivity contribution is -0.148. The Kier molecular flexibility index (Phi) is 5.49. The molecule has 1 aliphatic heterocycles. The summed E-state index contributed by atoms with van der Waals surface area (Å²) < 4.78 is 15.3. The van der Waals surface area contributed by atoms with Gasteiger partial charge in [0.05, 0.1) is 19.3 Å². The minimum atomic E-state index is -0.986. The Morgan fingerprint density at radius 1 is 1.18 bits per heavy atom. The highest BCUT2D eigenvalue weighted by molar-refractivity contribution is 6.00. The average molecular weight is 385 g/mol. The first-order chi connectivity index (χ1) is 13.4. The zero-order valence-electron chi connectivity index (χ0n) is 15.4. The highest BCUT2D eigenvalue weighted by atomic mass is 16.6. The van der Waals surface area contributed by atoms with Crippen molar-refractivity contribution in [2.45, 2.75) is 13.0 Å². The molecule has 0 aliphatic carbocycles. The number of fused-ring (bicyclic) bond motifs is 1. The standard InChI is InChI=1S/C20H19NO7/c1-12-6-5-7-13(18(12)23)19(24)27-11-17(22)21-10-16(20(25)26-2)28-15-9-4-3-8-14(15)21/h3-9,16,23H,10-11H2,1-2H3/t16-/m0/s1. The third-order valence-corrected chi connectivity index (χ3v) is 4.32. The second kappa shape index (κ2) is 7.99. The molecule has 0 saturated heterocycles. The molecule has 28 heavy (non-hydrogen) atoms. The molecule has 0 fully saturated rings. The van der Waals surface area contributed by atoms with Crippen molar-refractivity contribution in [2.75, 3.05) is 25.2 Å². The minimum Gasteiger partial charge on any atom is -0.507 e. The Morgan fingerprint density at radius 2 is 1.93 bits per heavy atom. The molecule has 1 aliphatic rings. The van der Waals surface area contributed by atoms with Gasteiger partial charge in [0, 0.05) is 0 Å². The number of para-hydroxylation sites is 3. The van der Waals surface area contributed by atoms with E-state index in [-0.39, 0.29) is 17.9 Å². The van der Waals surface area contributed by atoms with Gasteiger partial charge in [0.15, 0.2) is 6.61 Å². The van der Waals surface area contributed by atoms with Gasteiger partial charge in [-0.2, -0.15) is 0 Å². The number of phenols is 1. The van der Waals surface area contributed by atoms with Crippen LogP contribution in [-0.2, 0) is 19.1 Å². The summed E-state index contributed by atoms with van der Waals surface area (Å²) in [5.74, 6) is -1.82. The van der Waals surface area contributed by atoms with Gasteiger partial charge in [-0.25, -0.2) is 9.59 Å². The van der Waals surface area contributed by atoms with Crippen LogP contribution in [0.3, 0.4) is 0 Å². The van der Waals surface area contributed by atoms with E-state index in [0.717, 1.165) is 0 Å². The smallest absolute Gasteiger partial charge is 0.348 e. The van der Waals surface area contributed by atoms with Crippen LogP contribution >= 0.6 is 0 Å². The van der Waals surface area contributed by atoms with E-state index in [4.69, 9.17) is 14.2 Å². The highest BCUT2D eigenvalue weighted by Gasteiger charge is 2.34. The largest absolute Gasteiger partial charge is 0.507 e. The number of rotatable bonds is 4. The fraction of sp³-hybridized carbons (Fsp3) is 0.250. The Labute approximate surface area is 161 Å². The topological polar surface area (TPSA) is 102 Å². The maximum Gasteiger partial charge on any atom is 0.348 e. The molecule has 8 heteroatoms. The van der Waals surface area contributed by atoms with Gasteiger partial charge in [-0.15, -0.1) is 0 Å². The summed E-state index contributed by atoms with van der Waals surface area (Å²) in [7, 11) is 1.23. The summed E-state index contributed by atoms with van der Waals surface area (Å²) in [4.78, 5) is 38.1. The van der Waals surface area contributed by atoms with Crippen LogP contribution in [0.4, 0.5) is 5.69 Å². The summed E-state index contributed by atoms with van der Waals surface area (Å²) in [5, 5.41) is 9.97. The number of nitrogens with zero attached hydrogens (tertiary/aromatic N) is 1. The number of ether oxygens (including phenoxy) is 3. The molecule has 146 valence electrons. The molecule has 0 aromatic heterocycles. The van der Waals surface area contributed by atoms with Gasteiger partial charge in [-0.05, 0) is 30.7 Å². The van der Waals surface area contributed by atoms with Crippen LogP contribution in [0, 0.1) is 6.92 Å². The van der Waals surface area contributed by atoms with Crippen LogP contribution in [-0.4, -0.2) is 49.3 Å². The first kappa shape index (κ1) is 19.2. The van der Waals surface area contributed by atoms with Gasteiger partial charge < -0.3 is 24.2 Å². The van der Waals surface area contributed by atoms with Gasteiger partial charge in [0.1, 0.15) is 17.1 Å². The number of benzene rings is 2. The quantitative estimate of drug-likeness (QED) is 0.801. The number of methoxy groups -OCH3 is 1. The summed E-state index contributed by atoms with van der Waals surface area (Å²) >= 11 is 0. The summed E-state index contributed by atoms with van der Waals surface area (Å²) in [5.41, 5.74) is 0.952. The second-order valence-electron chi connectivity index (χ2n) is 6.15. The molecule has 0 spiro atoms. The zero-order chi connectivity index (χ0) is 20.3. The van der Waals surface area contributed by atoms with E-state index < -0.39 is 30.6 Å². The fourth-order valence-corrected chi connectivity index (χ4v) is 2.83. The third-order valence-electron chi connectivity index (χ3n) is 4.32. The van der Waals surface area contributed by atoms with E-state index in [0.29, 0.717) is 17.0 Å². The van der Waals surface area contributed by atoms with Gasteiger partial charge in [-0.1, -0.05) is 24.3 Å². The lowest BCUT2D eigenvalue weighted by Gasteiger charge is -2.33. The monoisotopic (exact) mass is 385 g/mol. The maximum atomic E-state index is 12.7. The number of hydrogen-bond donors (Lipinski definition) is 1. The number of phenolic OH excluding ortho intramolecular Hbond substituents is 1. The lowest BCUT2D eigenvalue weighted by atomic mass is 10.1. The first-order valence-electron chi connectivity index (χ1n) is 8.52. The molecule has 0 radical (unpaired) electrons. The van der Waals surface area contributed by atoms with Gasteiger partial charge in [-0.3, -0.25) is 4.79 Å². The maximum absolute atomic E-state index is 12.7. The average Bonchev–Trinajstić information content (AvgIpc) is 2.72. The van der Waals surface area contributed by atoms with Crippen molar-refractivity contribution in [2.24, 2.45) is 0 Å². The summed E-state index contributed by atoms with van der Waals surface area (Å²) in [6, 6.07) is 11.4. The molecule has 1 N–H and O–H groups in total. The molecule has 0 bridgehead atoms. The van der Waals surface area contributed by atoms with Crippen molar-refractivity contribution in [3.05, 3.63) is 53.6 Å². The van der Waals surface area contributed by atoms with Crippen molar-refractivity contribution in [3.63, 3.8) is 0 Å². The van der Waals surface area contributed by atoms with Crippen molar-refractivity contribution in [1.29, 1.82) is 0 Å². The van der Waals surface area contributed by atoms with Gasteiger partial charge in [0.2, 0.25) is 6.10 Å². The van der Waals surface area contributed by atoms with Crippen molar-refractivity contribution >= 4 is 23.5 Å². The van der Waals surface area contributed by atoms with E-state index >= 15 is 0 Å². The van der Waals surface area contributed by atoms with Crippen LogP contribution in [0.15, 0.2) is 42.5 Å². The van der Waals surface area contributed by atoms with Crippen molar-refractivity contribution in [3.8, 4) is 11.5 Å². The Bertz CT molecular complexity index is 925. The van der Waals surface area contributed by atoms with E-state index in [2.05, 4.69) is 0 Å². The van der Waals surface area contributed by atoms with E-state index in [1.807, 2.05) is 0 Å². The molecular weight excluding hydrogens is 366 g/mol. The normalized spacial score (nSPS) is 15.2. The van der Waals surface area contributed by atoms with Gasteiger partial charge in [0.25, 0.3) is 5.91 Å². The first-order valence-corrected chi connectivity index (χ1v) is 8.52. The molecule has 1 atom stereocenters. The number of aromatic hydroxyl groups is 1. The molecule has 2 aromatic carbocycles. The number of hydrogen-bond acceptors (Lipinski definition) is 7. The summed E-state index contributed by atoms with van der Waals surface area (Å²) in [6.07, 6.45) is -0.986. The molecule has 1 heterocycles. The van der Waals surface area contributed by atoms with E-state index in [1.165, 1.54) is 18.1 Å². The molecule has 0 unspecified atom stereocenters. The molecule has 2 aromatic rings. The summed E-state index contributed by atoms with van der Waals surface area (Å²) in [6.45, 7) is 1.01. The number of amides is 1. The number of aryl methyl sites for hydroxylation is 1. The number of esters is 2. The van der Waals surface area contributed by atoms with Crippen LogP contribution in [0.1, 0.15) is 15.9 Å². The van der Waals surface area contributed by atoms with Crippen LogP contribution in [0.5, 0.6) is 11.5 Å². The second-order valence-corrected chi connectivity index (χ2v) is 6.15. The van der Waals surface area contributed by atoms with E-state index in [9.17, 15) is 19.5 Å². The number of carbonyl (C=O) groups is 3. The molecule has 0 saturated carbocycles. The predicted octanol–water partition coefficient (Wildman–Crippen LogP) is 1.82. The minimum absolute atomic E-state index is 0.0254. The highest BCUT2D eigenvalue weighted by Crippen LogP contribution is 2.33. The number of carbonyl (C=O) groups excluding carboxylic acids is 3. The SMILES string of the molecule is COC(=O)[C@@H]1CN(C(=O)COC(=O)c2cccc(C)c2O)c2ccccc2O1. The zero-order valence-corrected chi connectivity index (χ0v) is 15.4. The van der Waals surface area contributed by atoms with Crippen LogP contribution in [0.2, 0.25) is 0 Å². The Balaban J connectivity index is 1.75. The van der Waals surface area contributed by atoms with Crippen molar-refractivity contribution in [1.82, 2.24) is 0 Å². The number of anilines is 1. The molecule has 3 rings (SSSR count). The van der Waals surface area contributed by atoms with Crippen molar-refractivity contribution < 1.29 is 33.7 Å². The van der Waals surface area contributed by atoms with Crippen LogP contribution in [0.25, 0.3) is 0 Å². The van der Waals surface area contributed by atoms with Crippen LogP contribution < -0.4 is 9.64 Å². The molecular formula is C20H19NO7. The van der Waals surface area contributed by atoms with Gasteiger partial charge >= 0.3 is 11.9 Å².